The van der Waals surface area contributed by atoms with Crippen molar-refractivity contribution >= 4 is 11.8 Å². The quantitative estimate of drug-likeness (QED) is 0.908. The van der Waals surface area contributed by atoms with Crippen molar-refractivity contribution in [2.75, 3.05) is 26.3 Å². The highest BCUT2D eigenvalue weighted by Gasteiger charge is 2.31. The van der Waals surface area contributed by atoms with Crippen molar-refractivity contribution in [3.05, 3.63) is 47.9 Å². The van der Waals surface area contributed by atoms with Crippen molar-refractivity contribution in [3.63, 3.8) is 0 Å². The molecule has 0 spiro atoms. The van der Waals surface area contributed by atoms with Crippen LogP contribution in [0.15, 0.2) is 41.0 Å². The van der Waals surface area contributed by atoms with E-state index in [0.717, 1.165) is 29.9 Å². The standard InChI is InChI=1S/C19H20N2O5/c22-18(12-20-19(23)16-4-2-8-24-16)21-7-1-3-14(21)13-5-6-15-17(11-13)26-10-9-25-15/h2,4-6,8,11,14H,1,3,7,9-10,12H2,(H,20,23)/t14-/m1/s1. The Morgan fingerprint density at radius 3 is 2.81 bits per heavy atom. The number of nitrogens with zero attached hydrogens (tertiary/aromatic N) is 1. The maximum Gasteiger partial charge on any atom is 0.287 e. The Morgan fingerprint density at radius 2 is 2.00 bits per heavy atom. The molecule has 1 aromatic carbocycles. The van der Waals surface area contributed by atoms with E-state index in [4.69, 9.17) is 13.9 Å². The minimum absolute atomic E-state index is 0.0150. The Hall–Kier alpha value is -2.96. The van der Waals surface area contributed by atoms with Crippen LogP contribution in [0.3, 0.4) is 0 Å². The first-order chi connectivity index (χ1) is 12.7. The minimum Gasteiger partial charge on any atom is -0.486 e. The second-order valence-electron chi connectivity index (χ2n) is 6.31. The van der Waals surface area contributed by atoms with E-state index >= 15 is 0 Å². The van der Waals surface area contributed by atoms with Crippen molar-refractivity contribution < 1.29 is 23.5 Å². The first-order valence-electron chi connectivity index (χ1n) is 8.73. The Balaban J connectivity index is 1.43. The van der Waals surface area contributed by atoms with E-state index in [1.165, 1.54) is 6.26 Å². The Morgan fingerprint density at radius 1 is 1.15 bits per heavy atom. The summed E-state index contributed by atoms with van der Waals surface area (Å²) in [4.78, 5) is 26.4. The fourth-order valence-corrected chi connectivity index (χ4v) is 3.43. The summed E-state index contributed by atoms with van der Waals surface area (Å²) in [6.07, 6.45) is 3.24. The van der Waals surface area contributed by atoms with E-state index in [9.17, 15) is 9.59 Å². The van der Waals surface area contributed by atoms with Gasteiger partial charge in [0, 0.05) is 6.54 Å². The first-order valence-corrected chi connectivity index (χ1v) is 8.73. The lowest BCUT2D eigenvalue weighted by Gasteiger charge is -2.26. The van der Waals surface area contributed by atoms with Crippen LogP contribution >= 0.6 is 0 Å². The lowest BCUT2D eigenvalue weighted by Crippen LogP contribution is -2.39. The molecule has 4 rings (SSSR count). The summed E-state index contributed by atoms with van der Waals surface area (Å²) in [5, 5.41) is 2.62. The van der Waals surface area contributed by atoms with Crippen LogP contribution in [0.1, 0.15) is 35.0 Å². The zero-order valence-electron chi connectivity index (χ0n) is 14.3. The third kappa shape index (κ3) is 3.24. The molecular formula is C19H20N2O5. The average molecular weight is 356 g/mol. The molecule has 2 amide bonds. The predicted octanol–water partition coefficient (Wildman–Crippen LogP) is 2.14. The Bertz CT molecular complexity index is 802. The van der Waals surface area contributed by atoms with Gasteiger partial charge in [0.1, 0.15) is 13.2 Å². The van der Waals surface area contributed by atoms with Gasteiger partial charge in [-0.2, -0.15) is 0 Å². The number of benzene rings is 1. The predicted molar refractivity (Wildman–Crippen MR) is 92.2 cm³/mol. The highest BCUT2D eigenvalue weighted by Crippen LogP contribution is 2.38. The third-order valence-electron chi connectivity index (χ3n) is 4.67. The van der Waals surface area contributed by atoms with Gasteiger partial charge in [0.05, 0.1) is 18.8 Å². The Labute approximate surface area is 150 Å². The van der Waals surface area contributed by atoms with Crippen molar-refractivity contribution in [3.8, 4) is 11.5 Å². The fraction of sp³-hybridized carbons (Fsp3) is 0.368. The number of amides is 2. The number of furan rings is 1. The van der Waals surface area contributed by atoms with Crippen molar-refractivity contribution in [2.24, 2.45) is 0 Å². The maximum absolute atomic E-state index is 12.6. The fourth-order valence-electron chi connectivity index (χ4n) is 3.43. The van der Waals surface area contributed by atoms with E-state index < -0.39 is 5.91 Å². The molecule has 136 valence electrons. The number of carbonyl (C=O) groups is 2. The number of hydrogen-bond donors (Lipinski definition) is 1. The number of nitrogens with one attached hydrogen (secondary N) is 1. The lowest BCUT2D eigenvalue weighted by molar-refractivity contribution is -0.131. The molecule has 1 fully saturated rings. The van der Waals surface area contributed by atoms with Gasteiger partial charge < -0.3 is 24.1 Å². The van der Waals surface area contributed by atoms with Gasteiger partial charge in [0.25, 0.3) is 5.91 Å². The number of hydrogen-bond acceptors (Lipinski definition) is 5. The normalized spacial score (nSPS) is 18.6. The van der Waals surface area contributed by atoms with E-state index in [1.807, 2.05) is 23.1 Å². The monoisotopic (exact) mass is 356 g/mol. The Kier molecular flexibility index (Phi) is 4.51. The molecular weight excluding hydrogens is 336 g/mol. The van der Waals surface area contributed by atoms with E-state index in [1.54, 1.807) is 12.1 Å². The summed E-state index contributed by atoms with van der Waals surface area (Å²) < 4.78 is 16.2. The van der Waals surface area contributed by atoms with E-state index in [2.05, 4.69) is 5.32 Å². The molecule has 2 aromatic rings. The molecule has 0 bridgehead atoms. The summed E-state index contributed by atoms with van der Waals surface area (Å²) in [6, 6.07) is 9.00. The van der Waals surface area contributed by atoms with E-state index in [-0.39, 0.29) is 24.3 Å². The second-order valence-corrected chi connectivity index (χ2v) is 6.31. The average Bonchev–Trinajstić information content (AvgIpc) is 3.37. The van der Waals surface area contributed by atoms with Gasteiger partial charge in [0.2, 0.25) is 5.91 Å². The van der Waals surface area contributed by atoms with Crippen LogP contribution in [0.2, 0.25) is 0 Å². The highest BCUT2D eigenvalue weighted by molar-refractivity contribution is 5.94. The van der Waals surface area contributed by atoms with Gasteiger partial charge in [-0.25, -0.2) is 0 Å². The van der Waals surface area contributed by atoms with E-state index in [0.29, 0.717) is 19.8 Å². The topological polar surface area (TPSA) is 81.0 Å². The molecule has 0 radical (unpaired) electrons. The summed E-state index contributed by atoms with van der Waals surface area (Å²) in [6.45, 7) is 1.70. The molecule has 1 aromatic heterocycles. The highest BCUT2D eigenvalue weighted by atomic mass is 16.6. The molecule has 7 nitrogen and oxygen atoms in total. The number of ether oxygens (including phenoxy) is 2. The number of likely N-dealkylation sites (tertiary alicyclic amines) is 1. The van der Waals surface area contributed by atoms with Crippen LogP contribution in [0, 0.1) is 0 Å². The summed E-state index contributed by atoms with van der Waals surface area (Å²) in [5.41, 5.74) is 1.03. The molecule has 0 aliphatic carbocycles. The molecule has 2 aliphatic heterocycles. The lowest BCUT2D eigenvalue weighted by atomic mass is 10.0. The molecule has 0 unspecified atom stereocenters. The van der Waals surface area contributed by atoms with Crippen molar-refractivity contribution in [1.82, 2.24) is 10.2 Å². The minimum atomic E-state index is -0.390. The maximum atomic E-state index is 12.6. The van der Waals surface area contributed by atoms with Crippen LogP contribution in [0.5, 0.6) is 11.5 Å². The molecule has 2 aliphatic rings. The summed E-state index contributed by atoms with van der Waals surface area (Å²) >= 11 is 0. The third-order valence-corrected chi connectivity index (χ3v) is 4.67. The number of rotatable bonds is 4. The summed E-state index contributed by atoms with van der Waals surface area (Å²) in [5.74, 6) is 1.16. The second kappa shape index (κ2) is 7.11. The van der Waals surface area contributed by atoms with Gasteiger partial charge in [-0.3, -0.25) is 9.59 Å². The van der Waals surface area contributed by atoms with Gasteiger partial charge in [-0.05, 0) is 42.7 Å². The van der Waals surface area contributed by atoms with Crippen LogP contribution < -0.4 is 14.8 Å². The zero-order chi connectivity index (χ0) is 17.9. The van der Waals surface area contributed by atoms with Crippen LogP contribution in [-0.2, 0) is 4.79 Å². The van der Waals surface area contributed by atoms with Crippen molar-refractivity contribution in [2.45, 2.75) is 18.9 Å². The van der Waals surface area contributed by atoms with Gasteiger partial charge in [0.15, 0.2) is 17.3 Å². The molecule has 1 N–H and O–H groups in total. The van der Waals surface area contributed by atoms with Gasteiger partial charge in [-0.1, -0.05) is 6.07 Å². The molecule has 3 heterocycles. The molecule has 1 saturated heterocycles. The first kappa shape index (κ1) is 16.5. The van der Waals surface area contributed by atoms with Crippen LogP contribution in [0.4, 0.5) is 0 Å². The number of carbonyl (C=O) groups excluding carboxylic acids is 2. The SMILES string of the molecule is O=C(NCC(=O)N1CCC[C@@H]1c1ccc2c(c1)OCCO2)c1ccco1. The molecule has 7 heteroatoms. The van der Waals surface area contributed by atoms with Crippen LogP contribution in [0.25, 0.3) is 0 Å². The van der Waals surface area contributed by atoms with Crippen molar-refractivity contribution in [1.29, 1.82) is 0 Å². The van der Waals surface area contributed by atoms with Crippen LogP contribution in [-0.4, -0.2) is 43.0 Å². The van der Waals surface area contributed by atoms with Gasteiger partial charge >= 0.3 is 0 Å². The molecule has 0 saturated carbocycles. The van der Waals surface area contributed by atoms with Gasteiger partial charge in [-0.15, -0.1) is 0 Å². The molecule has 1 atom stereocenters. The largest absolute Gasteiger partial charge is 0.486 e. The summed E-state index contributed by atoms with van der Waals surface area (Å²) in [7, 11) is 0. The smallest absolute Gasteiger partial charge is 0.287 e. The molecule has 26 heavy (non-hydrogen) atoms. The zero-order valence-corrected chi connectivity index (χ0v) is 14.3. The number of fused-ring (bicyclic) bond motifs is 1.